The molecule has 2 N–H and O–H groups in total. The van der Waals surface area contributed by atoms with Crippen molar-refractivity contribution in [1.29, 1.82) is 0 Å². The van der Waals surface area contributed by atoms with E-state index in [9.17, 15) is 4.79 Å². The summed E-state index contributed by atoms with van der Waals surface area (Å²) < 4.78 is 4.74. The molecule has 4 nitrogen and oxygen atoms in total. The van der Waals surface area contributed by atoms with E-state index in [0.717, 1.165) is 12.1 Å². The number of esters is 1. The van der Waals surface area contributed by atoms with Gasteiger partial charge >= 0.3 is 5.97 Å². The minimum Gasteiger partial charge on any atom is -0.465 e. The van der Waals surface area contributed by atoms with E-state index in [0.29, 0.717) is 15.7 Å². The van der Waals surface area contributed by atoms with Gasteiger partial charge in [0.05, 0.1) is 12.8 Å². The van der Waals surface area contributed by atoms with Gasteiger partial charge in [-0.25, -0.2) is 4.79 Å². The Kier molecular flexibility index (Phi) is 5.30. The zero-order valence-electron chi connectivity index (χ0n) is 11.8. The summed E-state index contributed by atoms with van der Waals surface area (Å²) in [6.45, 7) is 2.09. The molecule has 2 aromatic rings. The molecule has 0 unspecified atom stereocenters. The fourth-order valence-electron chi connectivity index (χ4n) is 1.88. The monoisotopic (exact) mass is 320 g/mol. The van der Waals surface area contributed by atoms with Crippen molar-refractivity contribution in [2.45, 2.75) is 13.3 Å². The number of anilines is 2. The Labute approximate surface area is 133 Å². The van der Waals surface area contributed by atoms with Crippen LogP contribution < -0.4 is 10.6 Å². The molecular formula is C15H16N2O2S2. The Morgan fingerprint density at radius 1 is 1.24 bits per heavy atom. The number of carbonyl (C=O) groups excluding carboxylic acids is 1. The number of para-hydroxylation sites is 1. The lowest BCUT2D eigenvalue weighted by molar-refractivity contribution is 0.0607. The predicted molar refractivity (Wildman–Crippen MR) is 91.3 cm³/mol. The summed E-state index contributed by atoms with van der Waals surface area (Å²) in [6, 6.07) is 9.77. The summed E-state index contributed by atoms with van der Waals surface area (Å²) in [5.41, 5.74) is 2.80. The van der Waals surface area contributed by atoms with Crippen LogP contribution >= 0.6 is 23.6 Å². The second-order valence-electron chi connectivity index (χ2n) is 4.24. The number of methoxy groups -OCH3 is 1. The average molecular weight is 320 g/mol. The number of aryl methyl sites for hydroxylation is 1. The molecular weight excluding hydrogens is 304 g/mol. The predicted octanol–water partition coefficient (Wildman–Crippen LogP) is 3.91. The first kappa shape index (κ1) is 15.5. The van der Waals surface area contributed by atoms with Crippen LogP contribution in [0.2, 0.25) is 0 Å². The highest BCUT2D eigenvalue weighted by atomic mass is 32.1. The van der Waals surface area contributed by atoms with E-state index in [4.69, 9.17) is 17.0 Å². The van der Waals surface area contributed by atoms with E-state index in [2.05, 4.69) is 23.6 Å². The summed E-state index contributed by atoms with van der Waals surface area (Å²) in [5, 5.41) is 8.45. The molecule has 0 atom stereocenters. The molecule has 1 aromatic heterocycles. The van der Waals surface area contributed by atoms with Gasteiger partial charge in [0.25, 0.3) is 0 Å². The van der Waals surface area contributed by atoms with Crippen molar-refractivity contribution in [1.82, 2.24) is 0 Å². The van der Waals surface area contributed by atoms with Gasteiger partial charge in [0.15, 0.2) is 5.11 Å². The molecule has 0 spiro atoms. The first-order valence-electron chi connectivity index (χ1n) is 6.47. The number of hydrogen-bond donors (Lipinski definition) is 2. The molecule has 21 heavy (non-hydrogen) atoms. The van der Waals surface area contributed by atoms with Crippen molar-refractivity contribution in [3.63, 3.8) is 0 Å². The molecule has 0 bridgehead atoms. The van der Waals surface area contributed by atoms with Gasteiger partial charge in [-0.1, -0.05) is 25.1 Å². The van der Waals surface area contributed by atoms with Gasteiger partial charge in [0.2, 0.25) is 0 Å². The molecule has 0 saturated carbocycles. The highest BCUT2D eigenvalue weighted by Crippen LogP contribution is 2.23. The highest BCUT2D eigenvalue weighted by molar-refractivity contribution is 7.80. The lowest BCUT2D eigenvalue weighted by atomic mass is 10.1. The molecule has 0 aliphatic rings. The van der Waals surface area contributed by atoms with Crippen LogP contribution in [0.25, 0.3) is 0 Å². The Morgan fingerprint density at radius 3 is 2.67 bits per heavy atom. The largest absolute Gasteiger partial charge is 0.465 e. The summed E-state index contributed by atoms with van der Waals surface area (Å²) in [7, 11) is 1.36. The molecule has 0 aliphatic carbocycles. The van der Waals surface area contributed by atoms with E-state index in [1.54, 1.807) is 6.07 Å². The van der Waals surface area contributed by atoms with E-state index < -0.39 is 0 Å². The van der Waals surface area contributed by atoms with Crippen LogP contribution in [0.15, 0.2) is 35.7 Å². The van der Waals surface area contributed by atoms with Crippen LogP contribution in [0.1, 0.15) is 22.2 Å². The fourth-order valence-corrected chi connectivity index (χ4v) is 2.87. The Hall–Kier alpha value is -1.92. The lowest BCUT2D eigenvalue weighted by Gasteiger charge is -2.13. The van der Waals surface area contributed by atoms with Crippen molar-refractivity contribution in [2.75, 3.05) is 17.7 Å². The number of ether oxygens (including phenoxy) is 1. The van der Waals surface area contributed by atoms with Gasteiger partial charge in [0.1, 0.15) is 4.88 Å². The van der Waals surface area contributed by atoms with Crippen molar-refractivity contribution in [2.24, 2.45) is 0 Å². The molecule has 110 valence electrons. The quantitative estimate of drug-likeness (QED) is 0.661. The van der Waals surface area contributed by atoms with Crippen LogP contribution in [-0.2, 0) is 11.2 Å². The van der Waals surface area contributed by atoms with Crippen molar-refractivity contribution < 1.29 is 9.53 Å². The Balaban J connectivity index is 2.09. The molecule has 1 aromatic carbocycles. The standard InChI is InChI=1S/C15H16N2O2S2/c1-3-10-6-4-5-7-11(10)16-15(20)17-12-8-9-21-13(12)14(18)19-2/h4-9H,3H2,1-2H3,(H2,16,17,20). The van der Waals surface area contributed by atoms with Crippen molar-refractivity contribution >= 4 is 46.0 Å². The van der Waals surface area contributed by atoms with E-state index >= 15 is 0 Å². The van der Waals surface area contributed by atoms with Gasteiger partial charge in [-0.3, -0.25) is 0 Å². The molecule has 0 aliphatic heterocycles. The third-order valence-corrected chi connectivity index (χ3v) is 4.03. The third kappa shape index (κ3) is 3.80. The van der Waals surface area contributed by atoms with Gasteiger partial charge in [-0.2, -0.15) is 0 Å². The minimum absolute atomic E-state index is 0.371. The van der Waals surface area contributed by atoms with Gasteiger partial charge in [0, 0.05) is 5.69 Å². The normalized spacial score (nSPS) is 10.0. The molecule has 0 saturated heterocycles. The fraction of sp³-hybridized carbons (Fsp3) is 0.200. The van der Waals surface area contributed by atoms with E-state index in [1.807, 2.05) is 23.6 Å². The van der Waals surface area contributed by atoms with Gasteiger partial charge in [-0.05, 0) is 41.7 Å². The molecule has 6 heteroatoms. The molecule has 0 radical (unpaired) electrons. The zero-order valence-corrected chi connectivity index (χ0v) is 13.4. The van der Waals surface area contributed by atoms with Gasteiger partial charge in [-0.15, -0.1) is 11.3 Å². The van der Waals surface area contributed by atoms with Crippen molar-refractivity contribution in [3.8, 4) is 0 Å². The van der Waals surface area contributed by atoms with Crippen LogP contribution in [0.5, 0.6) is 0 Å². The van der Waals surface area contributed by atoms with Crippen LogP contribution in [-0.4, -0.2) is 18.2 Å². The number of thiocarbonyl (C=S) groups is 1. The van der Waals surface area contributed by atoms with E-state index in [-0.39, 0.29) is 5.97 Å². The Bertz CT molecular complexity index is 653. The SMILES string of the molecule is CCc1ccccc1NC(=S)Nc1ccsc1C(=O)OC. The molecule has 0 amide bonds. The van der Waals surface area contributed by atoms with Crippen LogP contribution in [0, 0.1) is 0 Å². The number of hydrogen-bond acceptors (Lipinski definition) is 4. The zero-order chi connectivity index (χ0) is 15.2. The summed E-state index contributed by atoms with van der Waals surface area (Å²) in [5.74, 6) is -0.371. The maximum atomic E-state index is 11.6. The number of rotatable bonds is 4. The lowest BCUT2D eigenvalue weighted by Crippen LogP contribution is -2.20. The summed E-state index contributed by atoms with van der Waals surface area (Å²) in [4.78, 5) is 12.1. The topological polar surface area (TPSA) is 50.4 Å². The Morgan fingerprint density at radius 2 is 1.95 bits per heavy atom. The maximum absolute atomic E-state index is 11.6. The van der Waals surface area contributed by atoms with E-state index in [1.165, 1.54) is 24.0 Å². The first-order chi connectivity index (χ1) is 10.2. The smallest absolute Gasteiger partial charge is 0.350 e. The number of nitrogens with one attached hydrogen (secondary N) is 2. The number of thiophene rings is 1. The second kappa shape index (κ2) is 7.19. The second-order valence-corrected chi connectivity index (χ2v) is 5.57. The molecule has 0 fully saturated rings. The van der Waals surface area contributed by atoms with Crippen LogP contribution in [0.4, 0.5) is 11.4 Å². The first-order valence-corrected chi connectivity index (χ1v) is 7.76. The highest BCUT2D eigenvalue weighted by Gasteiger charge is 2.14. The van der Waals surface area contributed by atoms with Gasteiger partial charge < -0.3 is 15.4 Å². The maximum Gasteiger partial charge on any atom is 0.350 e. The number of carbonyl (C=O) groups is 1. The van der Waals surface area contributed by atoms with Crippen molar-refractivity contribution in [3.05, 3.63) is 46.2 Å². The average Bonchev–Trinajstić information content (AvgIpc) is 2.95. The third-order valence-electron chi connectivity index (χ3n) is 2.93. The minimum atomic E-state index is -0.371. The summed E-state index contributed by atoms with van der Waals surface area (Å²) >= 11 is 6.62. The summed E-state index contributed by atoms with van der Waals surface area (Å²) in [6.07, 6.45) is 0.914. The number of benzene rings is 1. The molecule has 2 rings (SSSR count). The van der Waals surface area contributed by atoms with Crippen LogP contribution in [0.3, 0.4) is 0 Å². The molecule has 1 heterocycles.